The van der Waals surface area contributed by atoms with Crippen molar-refractivity contribution < 1.29 is 47.5 Å². The van der Waals surface area contributed by atoms with E-state index in [2.05, 4.69) is 98.1 Å². The minimum absolute atomic E-state index is 0.152. The van der Waals surface area contributed by atoms with E-state index in [1.807, 2.05) is 48.5 Å². The summed E-state index contributed by atoms with van der Waals surface area (Å²) in [5.41, 5.74) is 8.61. The number of methoxy groups -OCH3 is 2. The number of ether oxygens (including phenoxy) is 8. The normalized spacial score (nSPS) is 11.1. The zero-order valence-electron chi connectivity index (χ0n) is 37.0. The smallest absolute Gasteiger partial charge is 0.330 e. The quantitative estimate of drug-likeness (QED) is 0.0282. The summed E-state index contributed by atoms with van der Waals surface area (Å²) in [5.74, 6) is 2.06. The fraction of sp³-hybridized carbons (Fsp3) is 0.179. The fourth-order valence-corrected chi connectivity index (χ4v) is 8.11. The van der Waals surface area contributed by atoms with E-state index < -0.39 is 11.9 Å². The summed E-state index contributed by atoms with van der Waals surface area (Å²) in [7, 11) is 3.36. The van der Waals surface area contributed by atoms with Gasteiger partial charge in [-0.15, -0.1) is 0 Å². The molecule has 8 aromatic carbocycles. The minimum atomic E-state index is -0.478. The van der Waals surface area contributed by atoms with Crippen LogP contribution in [0.5, 0.6) is 23.0 Å². The van der Waals surface area contributed by atoms with Gasteiger partial charge in [0, 0.05) is 12.2 Å². The molecule has 0 radical (unpaired) electrons. The number of esters is 2. The van der Waals surface area contributed by atoms with Gasteiger partial charge in [0.15, 0.2) is 0 Å². The first-order valence-electron chi connectivity index (χ1n) is 21.7. The fourth-order valence-electron chi connectivity index (χ4n) is 8.11. The first-order chi connectivity index (χ1) is 32.4. The average Bonchev–Trinajstić information content (AvgIpc) is 3.37. The predicted octanol–water partition coefficient (Wildman–Crippen LogP) is 11.5. The van der Waals surface area contributed by atoms with Crippen molar-refractivity contribution in [3.63, 3.8) is 0 Å². The Labute approximate surface area is 383 Å². The summed E-state index contributed by atoms with van der Waals surface area (Å²) in [4.78, 5) is 22.6. The van der Waals surface area contributed by atoms with Crippen molar-refractivity contribution in [2.24, 2.45) is 0 Å². The van der Waals surface area contributed by atoms with Crippen molar-refractivity contribution >= 4 is 44.3 Å². The summed E-state index contributed by atoms with van der Waals surface area (Å²) in [6.45, 7) is 9.00. The number of hydrogen-bond donors (Lipinski definition) is 0. The third kappa shape index (κ3) is 10.2. The minimum Gasteiger partial charge on any atom is -0.497 e. The molecule has 10 heteroatoms. The summed E-state index contributed by atoms with van der Waals surface area (Å²) in [6.07, 6.45) is 2.25. The molecule has 8 aromatic rings. The van der Waals surface area contributed by atoms with Gasteiger partial charge >= 0.3 is 11.9 Å². The van der Waals surface area contributed by atoms with Crippen molar-refractivity contribution in [3.8, 4) is 67.5 Å². The summed E-state index contributed by atoms with van der Waals surface area (Å²) >= 11 is 0. The molecule has 0 aliphatic carbocycles. The number of carbonyl (C=O) groups is 2. The standard InChI is InChI=1S/C56H50O10/c1-5-53(57)65-33-29-61-27-31-63-43-19-11-39(12-20-43)51-36-52(40-13-21-44(22-14-40)64-32-28-62-30-34-66-54(58)6-2)48-26-24-46-50(38-9-17-42(60-4)18-10-38)35-49(37-7-15-41(59-3)16-8-37)45-23-25-47(51)56(48)55(45)46/h5-26,35-36H,1-2,27-34H2,3-4H3. The Morgan fingerprint density at radius 3 is 0.970 bits per heavy atom. The van der Waals surface area contributed by atoms with Crippen molar-refractivity contribution in [1.29, 1.82) is 0 Å². The van der Waals surface area contributed by atoms with E-state index in [0.29, 0.717) is 37.9 Å². The maximum absolute atomic E-state index is 11.3. The molecule has 0 fully saturated rings. The largest absolute Gasteiger partial charge is 0.497 e. The third-order valence-electron chi connectivity index (χ3n) is 11.3. The molecule has 0 spiro atoms. The number of hydrogen-bond acceptors (Lipinski definition) is 10. The Balaban J connectivity index is 1.19. The highest BCUT2D eigenvalue weighted by Crippen LogP contribution is 2.49. The van der Waals surface area contributed by atoms with E-state index in [9.17, 15) is 9.59 Å². The number of rotatable bonds is 22. The van der Waals surface area contributed by atoms with Crippen LogP contribution in [-0.4, -0.2) is 79.0 Å². The molecule has 0 aliphatic heterocycles. The topological polar surface area (TPSA) is 108 Å². The van der Waals surface area contributed by atoms with Crippen molar-refractivity contribution in [2.45, 2.75) is 0 Å². The van der Waals surface area contributed by atoms with E-state index in [1.165, 1.54) is 5.39 Å². The van der Waals surface area contributed by atoms with Crippen LogP contribution in [0.25, 0.3) is 76.8 Å². The van der Waals surface area contributed by atoms with Crippen LogP contribution < -0.4 is 18.9 Å². The second-order valence-corrected chi connectivity index (χ2v) is 15.2. The second kappa shape index (κ2) is 21.3. The van der Waals surface area contributed by atoms with E-state index in [4.69, 9.17) is 37.9 Å². The maximum atomic E-state index is 11.3. The first-order valence-corrected chi connectivity index (χ1v) is 21.7. The van der Waals surface area contributed by atoms with Crippen LogP contribution in [0.3, 0.4) is 0 Å². The highest BCUT2D eigenvalue weighted by molar-refractivity contribution is 6.32. The lowest BCUT2D eigenvalue weighted by Gasteiger charge is -2.22. The number of benzene rings is 8. The van der Waals surface area contributed by atoms with E-state index >= 15 is 0 Å². The highest BCUT2D eigenvalue weighted by Gasteiger charge is 2.21. The number of carbonyl (C=O) groups excluding carboxylic acids is 2. The van der Waals surface area contributed by atoms with E-state index in [1.54, 1.807) is 14.2 Å². The van der Waals surface area contributed by atoms with Crippen LogP contribution in [-0.2, 0) is 28.5 Å². The molecule has 334 valence electrons. The summed E-state index contributed by atoms with van der Waals surface area (Å²) < 4.78 is 44.2. The van der Waals surface area contributed by atoms with Gasteiger partial charge in [0.05, 0.1) is 40.6 Å². The molecule has 10 nitrogen and oxygen atoms in total. The first kappa shape index (κ1) is 44.9. The summed E-state index contributed by atoms with van der Waals surface area (Å²) in [5, 5.41) is 6.86. The third-order valence-corrected chi connectivity index (χ3v) is 11.3. The van der Waals surface area contributed by atoms with Crippen LogP contribution >= 0.6 is 0 Å². The van der Waals surface area contributed by atoms with Gasteiger partial charge in [-0.3, -0.25) is 0 Å². The highest BCUT2D eigenvalue weighted by atomic mass is 16.6. The molecule has 0 bridgehead atoms. The van der Waals surface area contributed by atoms with Gasteiger partial charge < -0.3 is 37.9 Å². The molecular formula is C56H50O10. The molecule has 0 saturated carbocycles. The van der Waals surface area contributed by atoms with Gasteiger partial charge in [-0.2, -0.15) is 0 Å². The zero-order valence-corrected chi connectivity index (χ0v) is 37.0. The van der Waals surface area contributed by atoms with E-state index in [-0.39, 0.29) is 26.4 Å². The van der Waals surface area contributed by atoms with E-state index in [0.717, 1.165) is 95.1 Å². The van der Waals surface area contributed by atoms with Crippen molar-refractivity contribution in [1.82, 2.24) is 0 Å². The Bertz CT molecular complexity index is 2750. The lowest BCUT2D eigenvalue weighted by atomic mass is 9.82. The molecule has 0 saturated heterocycles. The van der Waals surface area contributed by atoms with Gasteiger partial charge in [-0.1, -0.05) is 86.0 Å². The van der Waals surface area contributed by atoms with Crippen LogP contribution in [0.15, 0.2) is 159 Å². The molecule has 0 aromatic heterocycles. The van der Waals surface area contributed by atoms with Crippen molar-refractivity contribution in [2.75, 3.05) is 67.1 Å². The van der Waals surface area contributed by atoms with Crippen LogP contribution in [0.2, 0.25) is 0 Å². The maximum Gasteiger partial charge on any atom is 0.330 e. The average molecular weight is 883 g/mol. The van der Waals surface area contributed by atoms with Gasteiger partial charge in [0.25, 0.3) is 0 Å². The molecule has 66 heavy (non-hydrogen) atoms. The second-order valence-electron chi connectivity index (χ2n) is 15.2. The van der Waals surface area contributed by atoms with Gasteiger partial charge in [-0.05, 0) is 137 Å². The lowest BCUT2D eigenvalue weighted by molar-refractivity contribution is -0.140. The Hall–Kier alpha value is -7.66. The molecule has 0 atom stereocenters. The zero-order chi connectivity index (χ0) is 45.8. The van der Waals surface area contributed by atoms with Gasteiger partial charge in [0.1, 0.15) is 49.4 Å². The molecular weight excluding hydrogens is 833 g/mol. The summed E-state index contributed by atoms with van der Waals surface area (Å²) in [6, 6.07) is 46.4. The van der Waals surface area contributed by atoms with Crippen LogP contribution in [0, 0.1) is 0 Å². The van der Waals surface area contributed by atoms with Crippen molar-refractivity contribution in [3.05, 3.63) is 159 Å². The molecule has 0 N–H and O–H groups in total. The van der Waals surface area contributed by atoms with Gasteiger partial charge in [0.2, 0.25) is 0 Å². The molecule has 0 unspecified atom stereocenters. The Morgan fingerprint density at radius 2 is 0.682 bits per heavy atom. The molecule has 0 heterocycles. The van der Waals surface area contributed by atoms with Gasteiger partial charge in [-0.25, -0.2) is 9.59 Å². The van der Waals surface area contributed by atoms with Crippen LogP contribution in [0.4, 0.5) is 0 Å². The Kier molecular flexibility index (Phi) is 14.5. The van der Waals surface area contributed by atoms with Crippen LogP contribution in [0.1, 0.15) is 0 Å². The molecule has 0 amide bonds. The predicted molar refractivity (Wildman–Crippen MR) is 260 cm³/mol. The Morgan fingerprint density at radius 1 is 0.394 bits per heavy atom. The SMILES string of the molecule is C=CC(=O)OCCOCCOc1ccc(-c2cc(-c3ccc(OCCOCCOC(=O)C=C)cc3)c3ccc4c(-c5ccc(OC)cc5)cc(-c5ccc(OC)cc5)c5ccc2c3c54)cc1. The molecule has 8 rings (SSSR count). The molecule has 0 aliphatic rings. The lowest BCUT2D eigenvalue weighted by Crippen LogP contribution is -2.12. The monoisotopic (exact) mass is 882 g/mol.